The van der Waals surface area contributed by atoms with E-state index in [1.807, 2.05) is 0 Å². The summed E-state index contributed by atoms with van der Waals surface area (Å²) in [6, 6.07) is 7.22. The summed E-state index contributed by atoms with van der Waals surface area (Å²) in [5.41, 5.74) is 2.98. The summed E-state index contributed by atoms with van der Waals surface area (Å²) in [6.45, 7) is 5.27. The summed E-state index contributed by atoms with van der Waals surface area (Å²) < 4.78 is 0. The van der Waals surface area contributed by atoms with Crippen LogP contribution in [0.4, 0.5) is 0 Å². The van der Waals surface area contributed by atoms with Crippen molar-refractivity contribution in [3.63, 3.8) is 0 Å². The maximum Gasteiger partial charge on any atom is 0.230 e. The van der Waals surface area contributed by atoms with E-state index in [2.05, 4.69) is 35.3 Å². The van der Waals surface area contributed by atoms with Gasteiger partial charge in [0.1, 0.15) is 0 Å². The van der Waals surface area contributed by atoms with Crippen molar-refractivity contribution in [1.29, 1.82) is 0 Å². The Morgan fingerprint density at radius 1 is 1.32 bits per heavy atom. The van der Waals surface area contributed by atoms with Crippen LogP contribution in [0.3, 0.4) is 0 Å². The lowest BCUT2D eigenvalue weighted by atomic mass is 10.1. The van der Waals surface area contributed by atoms with E-state index in [-0.39, 0.29) is 5.91 Å². The second-order valence-corrected chi connectivity index (χ2v) is 7.35. The van der Waals surface area contributed by atoms with Gasteiger partial charge in [-0.2, -0.15) is 0 Å². The Bertz CT molecular complexity index is 532. The van der Waals surface area contributed by atoms with Gasteiger partial charge in [0, 0.05) is 17.5 Å². The molecule has 2 aliphatic rings. The molecule has 0 radical (unpaired) electrons. The van der Waals surface area contributed by atoms with Crippen molar-refractivity contribution in [1.82, 2.24) is 10.2 Å². The van der Waals surface area contributed by atoms with Crippen LogP contribution < -0.4 is 5.32 Å². The van der Waals surface area contributed by atoms with Crippen molar-refractivity contribution >= 4 is 17.7 Å². The first kappa shape index (κ1) is 15.9. The zero-order valence-electron chi connectivity index (χ0n) is 13.4. The minimum Gasteiger partial charge on any atom is -0.354 e. The molecule has 3 rings (SSSR count). The largest absolute Gasteiger partial charge is 0.354 e. The average molecular weight is 318 g/mol. The topological polar surface area (TPSA) is 32.3 Å². The zero-order chi connectivity index (χ0) is 15.4. The number of nitrogens with one attached hydrogen (secondary N) is 1. The molecule has 120 valence electrons. The van der Waals surface area contributed by atoms with Crippen molar-refractivity contribution in [2.45, 2.75) is 50.0 Å². The van der Waals surface area contributed by atoms with E-state index in [1.165, 1.54) is 54.7 Å². The van der Waals surface area contributed by atoms with Crippen LogP contribution in [-0.4, -0.2) is 42.2 Å². The highest BCUT2D eigenvalue weighted by Crippen LogP contribution is 2.27. The van der Waals surface area contributed by atoms with Crippen LogP contribution in [-0.2, 0) is 17.6 Å². The average Bonchev–Trinajstić information content (AvgIpc) is 3.18. The van der Waals surface area contributed by atoms with Crippen molar-refractivity contribution in [3.8, 4) is 0 Å². The van der Waals surface area contributed by atoms with E-state index in [0.717, 1.165) is 13.1 Å². The number of likely N-dealkylation sites (N-methyl/N-ethyl adjacent to an activating group) is 1. The molecule has 1 fully saturated rings. The summed E-state index contributed by atoms with van der Waals surface area (Å²) in [5.74, 6) is 0.686. The molecule has 4 heteroatoms. The minimum absolute atomic E-state index is 0.161. The summed E-state index contributed by atoms with van der Waals surface area (Å²) >= 11 is 1.66. The summed E-state index contributed by atoms with van der Waals surface area (Å²) in [7, 11) is 0. The van der Waals surface area contributed by atoms with Crippen LogP contribution in [0.1, 0.15) is 37.3 Å². The van der Waals surface area contributed by atoms with Gasteiger partial charge in [0.05, 0.1) is 5.75 Å². The lowest BCUT2D eigenvalue weighted by Gasteiger charge is -2.22. The molecule has 22 heavy (non-hydrogen) atoms. The Morgan fingerprint density at radius 2 is 2.18 bits per heavy atom. The highest BCUT2D eigenvalue weighted by atomic mass is 32.2. The van der Waals surface area contributed by atoms with Gasteiger partial charge in [-0.05, 0) is 68.5 Å². The van der Waals surface area contributed by atoms with E-state index in [4.69, 9.17) is 0 Å². The summed E-state index contributed by atoms with van der Waals surface area (Å²) in [5, 5.41) is 3.11. The van der Waals surface area contributed by atoms with Crippen molar-refractivity contribution in [2.75, 3.05) is 25.4 Å². The lowest BCUT2D eigenvalue weighted by Crippen LogP contribution is -2.40. The first-order valence-corrected chi connectivity index (χ1v) is 9.50. The summed E-state index contributed by atoms with van der Waals surface area (Å²) in [4.78, 5) is 15.7. The smallest absolute Gasteiger partial charge is 0.230 e. The molecule has 1 unspecified atom stereocenters. The Balaban J connectivity index is 1.42. The SMILES string of the molecule is CCN1CCCC1CNC(=O)CSc1ccc2c(c1)CCC2. The third-order valence-corrected chi connectivity index (χ3v) is 5.87. The maximum absolute atomic E-state index is 12.1. The van der Waals surface area contributed by atoms with Crippen LogP contribution >= 0.6 is 11.8 Å². The van der Waals surface area contributed by atoms with Gasteiger partial charge in [0.15, 0.2) is 0 Å². The number of carbonyl (C=O) groups is 1. The van der Waals surface area contributed by atoms with Gasteiger partial charge in [0.2, 0.25) is 5.91 Å². The first-order valence-electron chi connectivity index (χ1n) is 8.51. The van der Waals surface area contributed by atoms with E-state index in [0.29, 0.717) is 11.8 Å². The molecule has 1 aromatic carbocycles. The fourth-order valence-corrected chi connectivity index (χ4v) is 4.40. The quantitative estimate of drug-likeness (QED) is 0.819. The van der Waals surface area contributed by atoms with Crippen LogP contribution in [0.25, 0.3) is 0 Å². The molecule has 1 amide bonds. The second-order valence-electron chi connectivity index (χ2n) is 6.30. The number of likely N-dealkylation sites (tertiary alicyclic amines) is 1. The molecule has 1 aliphatic heterocycles. The van der Waals surface area contributed by atoms with Crippen molar-refractivity contribution < 1.29 is 4.79 Å². The van der Waals surface area contributed by atoms with Gasteiger partial charge >= 0.3 is 0 Å². The van der Waals surface area contributed by atoms with E-state index >= 15 is 0 Å². The number of nitrogens with zero attached hydrogens (tertiary/aromatic N) is 1. The highest BCUT2D eigenvalue weighted by molar-refractivity contribution is 8.00. The summed E-state index contributed by atoms with van der Waals surface area (Å²) in [6.07, 6.45) is 6.17. The zero-order valence-corrected chi connectivity index (χ0v) is 14.3. The molecule has 1 atom stereocenters. The number of hydrogen-bond acceptors (Lipinski definition) is 3. The lowest BCUT2D eigenvalue weighted by molar-refractivity contribution is -0.118. The molecule has 1 aliphatic carbocycles. The molecule has 3 nitrogen and oxygen atoms in total. The normalized spacial score (nSPS) is 21.0. The molecular formula is C18H26N2OS. The van der Waals surface area contributed by atoms with Gasteiger partial charge < -0.3 is 5.32 Å². The number of thioether (sulfide) groups is 1. The number of hydrogen-bond donors (Lipinski definition) is 1. The van der Waals surface area contributed by atoms with Crippen LogP contribution in [0.5, 0.6) is 0 Å². The number of aryl methyl sites for hydroxylation is 2. The van der Waals surface area contributed by atoms with Gasteiger partial charge in [-0.3, -0.25) is 9.69 Å². The Morgan fingerprint density at radius 3 is 3.05 bits per heavy atom. The Kier molecular flexibility index (Phi) is 5.42. The van der Waals surface area contributed by atoms with Crippen molar-refractivity contribution in [2.24, 2.45) is 0 Å². The van der Waals surface area contributed by atoms with Crippen LogP contribution in [0, 0.1) is 0 Å². The van der Waals surface area contributed by atoms with Crippen LogP contribution in [0.15, 0.2) is 23.1 Å². The van der Waals surface area contributed by atoms with E-state index < -0.39 is 0 Å². The molecule has 1 heterocycles. The number of benzene rings is 1. The first-order chi connectivity index (χ1) is 10.8. The Hall–Kier alpha value is -1.00. The predicted octanol–water partition coefficient (Wildman–Crippen LogP) is 2.87. The minimum atomic E-state index is 0.161. The molecular weight excluding hydrogens is 292 g/mol. The fourth-order valence-electron chi connectivity index (χ4n) is 3.61. The van der Waals surface area contributed by atoms with E-state index in [1.54, 1.807) is 11.8 Å². The molecule has 0 saturated carbocycles. The third kappa shape index (κ3) is 3.85. The van der Waals surface area contributed by atoms with Gasteiger partial charge in [0.25, 0.3) is 0 Å². The number of rotatable bonds is 6. The fraction of sp³-hybridized carbons (Fsp3) is 0.611. The molecule has 0 spiro atoms. The third-order valence-electron chi connectivity index (χ3n) is 4.88. The molecule has 0 aromatic heterocycles. The van der Waals surface area contributed by atoms with Crippen LogP contribution in [0.2, 0.25) is 0 Å². The Labute approximate surface area is 137 Å². The predicted molar refractivity (Wildman–Crippen MR) is 92.5 cm³/mol. The molecule has 1 aromatic rings. The number of carbonyl (C=O) groups excluding carboxylic acids is 1. The van der Waals surface area contributed by atoms with Gasteiger partial charge in [-0.15, -0.1) is 11.8 Å². The maximum atomic E-state index is 12.1. The molecule has 1 N–H and O–H groups in total. The standard InChI is InChI=1S/C18H26N2OS/c1-2-20-10-4-7-16(20)12-19-18(21)13-22-17-9-8-14-5-3-6-15(14)11-17/h8-9,11,16H,2-7,10,12-13H2,1H3,(H,19,21). The number of amides is 1. The van der Waals surface area contributed by atoms with Crippen molar-refractivity contribution in [3.05, 3.63) is 29.3 Å². The van der Waals surface area contributed by atoms with Gasteiger partial charge in [-0.25, -0.2) is 0 Å². The number of fused-ring (bicyclic) bond motifs is 1. The highest BCUT2D eigenvalue weighted by Gasteiger charge is 2.23. The molecule has 1 saturated heterocycles. The van der Waals surface area contributed by atoms with Gasteiger partial charge in [-0.1, -0.05) is 13.0 Å². The van der Waals surface area contributed by atoms with E-state index in [9.17, 15) is 4.79 Å². The second kappa shape index (κ2) is 7.51. The molecule has 0 bridgehead atoms. The monoisotopic (exact) mass is 318 g/mol.